The number of pyridine rings is 1. The van der Waals surface area contributed by atoms with Gasteiger partial charge in [0.2, 0.25) is 5.91 Å². The summed E-state index contributed by atoms with van der Waals surface area (Å²) in [6.07, 6.45) is 13.3. The van der Waals surface area contributed by atoms with E-state index in [9.17, 15) is 4.79 Å². The van der Waals surface area contributed by atoms with E-state index < -0.39 is 0 Å². The number of piperidine rings is 1. The second kappa shape index (κ2) is 10.4. The average Bonchev–Trinajstić information content (AvgIpc) is 2.82. The average molecular weight is 420 g/mol. The van der Waals surface area contributed by atoms with Gasteiger partial charge in [-0.1, -0.05) is 43.5 Å². The molecule has 0 bridgehead atoms. The number of hydrogen-bond acceptors (Lipinski definition) is 3. The fourth-order valence-electron chi connectivity index (χ4n) is 5.58. The minimum atomic E-state index is -0.317. The number of carbonyl (C=O) groups excluding carboxylic acids is 1. The summed E-state index contributed by atoms with van der Waals surface area (Å²) in [4.78, 5) is 20.1. The van der Waals surface area contributed by atoms with Crippen molar-refractivity contribution in [3.63, 3.8) is 0 Å². The Hall–Kier alpha value is -2.20. The van der Waals surface area contributed by atoms with E-state index in [0.29, 0.717) is 6.54 Å². The third-order valence-corrected chi connectivity index (χ3v) is 7.41. The van der Waals surface area contributed by atoms with Crippen molar-refractivity contribution in [1.29, 1.82) is 0 Å². The van der Waals surface area contributed by atoms with Crippen molar-refractivity contribution in [3.05, 3.63) is 54.4 Å². The van der Waals surface area contributed by atoms with Crippen LogP contribution in [0.15, 0.2) is 48.8 Å². The van der Waals surface area contributed by atoms with Crippen LogP contribution in [0.5, 0.6) is 0 Å². The van der Waals surface area contributed by atoms with Crippen molar-refractivity contribution in [2.75, 3.05) is 26.2 Å². The molecule has 2 heterocycles. The number of carbonyl (C=O) groups is 1. The van der Waals surface area contributed by atoms with Gasteiger partial charge in [-0.05, 0) is 86.9 Å². The highest BCUT2D eigenvalue weighted by Crippen LogP contribution is 2.39. The van der Waals surface area contributed by atoms with Crippen LogP contribution in [0, 0.1) is 11.3 Å². The lowest BCUT2D eigenvalue weighted by molar-refractivity contribution is -0.134. The lowest BCUT2D eigenvalue weighted by Crippen LogP contribution is -2.50. The molecule has 0 spiro atoms. The predicted octanol–water partition coefficient (Wildman–Crippen LogP) is 5.09. The van der Waals surface area contributed by atoms with Gasteiger partial charge < -0.3 is 10.2 Å². The number of hydrogen-bond donors (Lipinski definition) is 1. The van der Waals surface area contributed by atoms with Crippen molar-refractivity contribution in [1.82, 2.24) is 15.2 Å². The SMILES string of the molecule is CCNC(=O)C1(Cc2ccccc2-c2ccncc2)CCN(CC2CCCCC2)CC1. The first kappa shape index (κ1) is 22.0. The molecule has 0 radical (unpaired) electrons. The second-order valence-corrected chi connectivity index (χ2v) is 9.51. The number of nitrogens with one attached hydrogen (secondary N) is 1. The van der Waals surface area contributed by atoms with Crippen molar-refractivity contribution >= 4 is 5.91 Å². The minimum absolute atomic E-state index is 0.233. The summed E-state index contributed by atoms with van der Waals surface area (Å²) >= 11 is 0. The largest absolute Gasteiger partial charge is 0.356 e. The highest BCUT2D eigenvalue weighted by molar-refractivity contribution is 5.83. The van der Waals surface area contributed by atoms with Gasteiger partial charge >= 0.3 is 0 Å². The van der Waals surface area contributed by atoms with Gasteiger partial charge in [-0.25, -0.2) is 0 Å². The van der Waals surface area contributed by atoms with E-state index in [1.165, 1.54) is 55.3 Å². The molecule has 4 rings (SSSR count). The van der Waals surface area contributed by atoms with Gasteiger partial charge in [0.25, 0.3) is 0 Å². The van der Waals surface area contributed by atoms with E-state index in [0.717, 1.165) is 38.3 Å². The third kappa shape index (κ3) is 5.35. The molecule has 2 fully saturated rings. The summed E-state index contributed by atoms with van der Waals surface area (Å²) in [5, 5.41) is 3.16. The Morgan fingerprint density at radius 1 is 1.06 bits per heavy atom. The minimum Gasteiger partial charge on any atom is -0.356 e. The Morgan fingerprint density at radius 2 is 1.77 bits per heavy atom. The number of benzene rings is 1. The fourth-order valence-corrected chi connectivity index (χ4v) is 5.58. The zero-order valence-corrected chi connectivity index (χ0v) is 19.0. The first-order valence-electron chi connectivity index (χ1n) is 12.2. The van der Waals surface area contributed by atoms with Crippen LogP contribution in [0.25, 0.3) is 11.1 Å². The molecule has 1 aromatic heterocycles. The summed E-state index contributed by atoms with van der Waals surface area (Å²) in [5.74, 6) is 1.09. The molecule has 1 aliphatic carbocycles. The summed E-state index contributed by atoms with van der Waals surface area (Å²) in [7, 11) is 0. The normalized spacial score (nSPS) is 19.8. The van der Waals surface area contributed by atoms with Gasteiger partial charge in [-0.15, -0.1) is 0 Å². The monoisotopic (exact) mass is 419 g/mol. The molecule has 1 N–H and O–H groups in total. The lowest BCUT2D eigenvalue weighted by atomic mass is 9.71. The van der Waals surface area contributed by atoms with Crippen LogP contribution in [-0.4, -0.2) is 42.0 Å². The quantitative estimate of drug-likeness (QED) is 0.680. The number of likely N-dealkylation sites (tertiary alicyclic amines) is 1. The summed E-state index contributed by atoms with van der Waals surface area (Å²) < 4.78 is 0. The number of nitrogens with zero attached hydrogens (tertiary/aromatic N) is 2. The standard InChI is InChI=1S/C27H37N3O/c1-2-29-26(31)27(14-18-30(19-15-27)21-22-8-4-3-5-9-22)20-24-10-6-7-11-25(24)23-12-16-28-17-13-23/h6-7,10-13,16-17,22H,2-5,8-9,14-15,18-21H2,1H3,(H,29,31). The Kier molecular flexibility index (Phi) is 7.39. The molecule has 2 aromatic rings. The van der Waals surface area contributed by atoms with Crippen LogP contribution in [-0.2, 0) is 11.2 Å². The number of aromatic nitrogens is 1. The van der Waals surface area contributed by atoms with E-state index in [1.54, 1.807) is 0 Å². The molecule has 2 aliphatic rings. The molecule has 1 saturated heterocycles. The van der Waals surface area contributed by atoms with E-state index in [1.807, 2.05) is 19.3 Å². The lowest BCUT2D eigenvalue weighted by Gasteiger charge is -2.42. The van der Waals surface area contributed by atoms with Crippen LogP contribution in [0.1, 0.15) is 57.4 Å². The molecule has 0 unspecified atom stereocenters. The van der Waals surface area contributed by atoms with Gasteiger partial charge in [0.1, 0.15) is 0 Å². The number of amides is 1. The summed E-state index contributed by atoms with van der Waals surface area (Å²) in [5.41, 5.74) is 3.34. The molecule has 1 aromatic carbocycles. The Balaban J connectivity index is 1.51. The first-order chi connectivity index (χ1) is 15.2. The maximum absolute atomic E-state index is 13.3. The first-order valence-corrected chi connectivity index (χ1v) is 12.2. The van der Waals surface area contributed by atoms with Crippen LogP contribution in [0.3, 0.4) is 0 Å². The zero-order chi connectivity index (χ0) is 21.5. The highest BCUT2D eigenvalue weighted by atomic mass is 16.2. The van der Waals surface area contributed by atoms with Gasteiger partial charge in [-0.2, -0.15) is 0 Å². The second-order valence-electron chi connectivity index (χ2n) is 9.51. The molecule has 4 heteroatoms. The van der Waals surface area contributed by atoms with Gasteiger partial charge in [0.05, 0.1) is 5.41 Å². The molecule has 1 amide bonds. The van der Waals surface area contributed by atoms with Crippen LogP contribution in [0.4, 0.5) is 0 Å². The molecular weight excluding hydrogens is 382 g/mol. The zero-order valence-electron chi connectivity index (χ0n) is 19.0. The van der Waals surface area contributed by atoms with E-state index in [4.69, 9.17) is 0 Å². The smallest absolute Gasteiger partial charge is 0.226 e. The Bertz CT molecular complexity index is 837. The molecule has 0 atom stereocenters. The summed E-state index contributed by atoms with van der Waals surface area (Å²) in [6.45, 7) is 6.00. The van der Waals surface area contributed by atoms with Gasteiger partial charge in [0, 0.05) is 25.5 Å². The summed E-state index contributed by atoms with van der Waals surface area (Å²) in [6, 6.07) is 12.7. The van der Waals surface area contributed by atoms with Crippen molar-refractivity contribution in [2.24, 2.45) is 11.3 Å². The van der Waals surface area contributed by atoms with Gasteiger partial charge in [-0.3, -0.25) is 9.78 Å². The fraction of sp³-hybridized carbons (Fsp3) is 0.556. The van der Waals surface area contributed by atoms with Crippen LogP contribution >= 0.6 is 0 Å². The topological polar surface area (TPSA) is 45.2 Å². The molecule has 1 aliphatic heterocycles. The van der Waals surface area contributed by atoms with Crippen molar-refractivity contribution in [3.8, 4) is 11.1 Å². The molecule has 31 heavy (non-hydrogen) atoms. The van der Waals surface area contributed by atoms with Gasteiger partial charge in [0.15, 0.2) is 0 Å². The molecule has 166 valence electrons. The van der Waals surface area contributed by atoms with E-state index in [2.05, 4.69) is 51.6 Å². The van der Waals surface area contributed by atoms with Crippen molar-refractivity contribution in [2.45, 2.75) is 58.3 Å². The van der Waals surface area contributed by atoms with Crippen LogP contribution in [0.2, 0.25) is 0 Å². The predicted molar refractivity (Wildman–Crippen MR) is 127 cm³/mol. The maximum atomic E-state index is 13.3. The molecule has 1 saturated carbocycles. The molecular formula is C27H37N3O. The third-order valence-electron chi connectivity index (χ3n) is 7.41. The maximum Gasteiger partial charge on any atom is 0.226 e. The van der Waals surface area contributed by atoms with Crippen LogP contribution < -0.4 is 5.32 Å². The highest BCUT2D eigenvalue weighted by Gasteiger charge is 2.41. The van der Waals surface area contributed by atoms with E-state index in [-0.39, 0.29) is 11.3 Å². The number of rotatable bonds is 7. The Morgan fingerprint density at radius 3 is 2.48 bits per heavy atom. The molecule has 4 nitrogen and oxygen atoms in total. The Labute approximate surface area is 187 Å². The van der Waals surface area contributed by atoms with E-state index >= 15 is 0 Å². The van der Waals surface area contributed by atoms with Crippen molar-refractivity contribution < 1.29 is 4.79 Å².